The third-order valence-electron chi connectivity index (χ3n) is 5.09. The molecule has 2 heterocycles. The van der Waals surface area contributed by atoms with Gasteiger partial charge in [0.15, 0.2) is 5.69 Å². The van der Waals surface area contributed by atoms with Crippen molar-refractivity contribution in [1.29, 1.82) is 0 Å². The molecule has 0 radical (unpaired) electrons. The second kappa shape index (κ2) is 8.26. The minimum atomic E-state index is -0.917. The summed E-state index contributed by atoms with van der Waals surface area (Å²) in [5.41, 5.74) is -0.968. The molecule has 1 fully saturated rings. The number of amides is 1. The van der Waals surface area contributed by atoms with Crippen molar-refractivity contribution in [2.24, 2.45) is 12.5 Å². The minimum Gasteiger partial charge on any atom is -0.386 e. The number of β-amino-alcohol motifs (C(OH)–C–C–N with tert-alkyl or cyclic N) is 1. The predicted molar refractivity (Wildman–Crippen MR) is 121 cm³/mol. The van der Waals surface area contributed by atoms with Crippen molar-refractivity contribution < 1.29 is 14.3 Å². The molecule has 1 amide bonds. The highest BCUT2D eigenvalue weighted by atomic mass is 127. The Bertz CT molecular complexity index is 1030. The number of aryl methyl sites for hydroxylation is 1. The fourth-order valence-electron chi connectivity index (χ4n) is 3.25. The van der Waals surface area contributed by atoms with Gasteiger partial charge in [0.05, 0.1) is 30.1 Å². The monoisotopic (exact) mass is 528 g/mol. The molecule has 0 unspecified atom stereocenters. The van der Waals surface area contributed by atoms with Crippen LogP contribution in [0.3, 0.4) is 0 Å². The van der Waals surface area contributed by atoms with Crippen LogP contribution in [0.15, 0.2) is 29.1 Å². The van der Waals surface area contributed by atoms with Crippen molar-refractivity contribution in [2.75, 3.05) is 18.4 Å². The van der Waals surface area contributed by atoms with E-state index in [9.17, 15) is 19.1 Å². The molecule has 0 atom stereocenters. The first kappa shape index (κ1) is 22.7. The van der Waals surface area contributed by atoms with Crippen LogP contribution in [-0.2, 0) is 7.05 Å². The highest BCUT2D eigenvalue weighted by Gasteiger charge is 2.44. The van der Waals surface area contributed by atoms with Gasteiger partial charge >= 0.3 is 0 Å². The molecule has 0 bridgehead atoms. The van der Waals surface area contributed by atoms with E-state index in [1.807, 2.05) is 22.6 Å². The number of carbonyl (C=O) groups excluding carboxylic acids is 1. The smallest absolute Gasteiger partial charge is 0.276 e. The van der Waals surface area contributed by atoms with Crippen molar-refractivity contribution in [1.82, 2.24) is 14.7 Å². The van der Waals surface area contributed by atoms with Crippen LogP contribution in [0.1, 0.15) is 44.1 Å². The molecule has 1 aromatic heterocycles. The maximum atomic E-state index is 14.3. The van der Waals surface area contributed by atoms with E-state index in [2.05, 4.69) is 31.2 Å². The minimum absolute atomic E-state index is 0.00733. The summed E-state index contributed by atoms with van der Waals surface area (Å²) >= 11 is 2.00. The van der Waals surface area contributed by atoms with Gasteiger partial charge < -0.3 is 15.3 Å². The van der Waals surface area contributed by atoms with Gasteiger partial charge in [0.25, 0.3) is 11.5 Å². The number of nitrogens with zero attached hydrogens (tertiary/aromatic N) is 3. The quantitative estimate of drug-likeness (QED) is 0.582. The molecule has 1 aliphatic rings. The molecule has 0 spiro atoms. The summed E-state index contributed by atoms with van der Waals surface area (Å²) in [5.74, 6) is -0.916. The van der Waals surface area contributed by atoms with E-state index in [1.165, 1.54) is 30.1 Å². The lowest BCUT2D eigenvalue weighted by Gasteiger charge is -2.47. The van der Waals surface area contributed by atoms with Crippen LogP contribution in [0.25, 0.3) is 0 Å². The van der Waals surface area contributed by atoms with Crippen LogP contribution in [-0.4, -0.2) is 44.4 Å². The normalized spacial score (nSPS) is 15.6. The van der Waals surface area contributed by atoms with Crippen molar-refractivity contribution in [3.05, 3.63) is 49.7 Å². The first-order chi connectivity index (χ1) is 13.9. The number of nitrogens with one attached hydrogen (secondary N) is 1. The van der Waals surface area contributed by atoms with E-state index in [4.69, 9.17) is 0 Å². The second-order valence-electron chi connectivity index (χ2n) is 9.06. The van der Waals surface area contributed by atoms with Gasteiger partial charge in [0.1, 0.15) is 5.82 Å². The first-order valence-corrected chi connectivity index (χ1v) is 10.8. The Morgan fingerprint density at radius 2 is 1.97 bits per heavy atom. The van der Waals surface area contributed by atoms with Crippen LogP contribution >= 0.6 is 22.6 Å². The third-order valence-corrected chi connectivity index (χ3v) is 5.76. The Hall–Kier alpha value is -2.01. The molecule has 2 aromatic rings. The van der Waals surface area contributed by atoms with Gasteiger partial charge in [0.2, 0.25) is 0 Å². The highest BCUT2D eigenvalue weighted by molar-refractivity contribution is 14.1. The SMILES string of the molecule is Cn1nc(C(=O)N2CC(O)(CCC(C)(C)C)C2)c(Nc2ccc(I)cc2F)cc1=O. The van der Waals surface area contributed by atoms with E-state index in [0.29, 0.717) is 6.42 Å². The molecule has 0 saturated carbocycles. The van der Waals surface area contributed by atoms with Gasteiger partial charge in [-0.25, -0.2) is 9.07 Å². The third kappa shape index (κ3) is 5.18. The largest absolute Gasteiger partial charge is 0.386 e. The van der Waals surface area contributed by atoms with E-state index >= 15 is 0 Å². The van der Waals surface area contributed by atoms with Gasteiger partial charge in [-0.05, 0) is 59.0 Å². The van der Waals surface area contributed by atoms with Gasteiger partial charge in [-0.3, -0.25) is 9.59 Å². The molecule has 0 aliphatic carbocycles. The molecule has 9 heteroatoms. The van der Waals surface area contributed by atoms with Crippen molar-refractivity contribution in [2.45, 2.75) is 39.2 Å². The Morgan fingerprint density at radius 3 is 2.57 bits per heavy atom. The summed E-state index contributed by atoms with van der Waals surface area (Å²) in [7, 11) is 1.45. The second-order valence-corrected chi connectivity index (χ2v) is 10.3. The average Bonchev–Trinajstić information content (AvgIpc) is 2.61. The number of halogens is 2. The average molecular weight is 528 g/mol. The summed E-state index contributed by atoms with van der Waals surface area (Å²) < 4.78 is 16.1. The molecule has 30 heavy (non-hydrogen) atoms. The van der Waals surface area contributed by atoms with E-state index in [0.717, 1.165) is 14.7 Å². The maximum absolute atomic E-state index is 14.3. The molecule has 1 aromatic carbocycles. The Balaban J connectivity index is 1.81. The number of hydrogen-bond acceptors (Lipinski definition) is 5. The number of carbonyl (C=O) groups is 1. The lowest BCUT2D eigenvalue weighted by Crippen LogP contribution is -2.63. The zero-order chi connectivity index (χ0) is 22.3. The first-order valence-electron chi connectivity index (χ1n) is 9.69. The van der Waals surface area contributed by atoms with Crippen molar-refractivity contribution >= 4 is 39.9 Å². The fourth-order valence-corrected chi connectivity index (χ4v) is 3.70. The number of benzene rings is 1. The number of aromatic nitrogens is 2. The molecule has 3 rings (SSSR count). The number of anilines is 2. The predicted octanol–water partition coefficient (Wildman–Crippen LogP) is 3.28. The van der Waals surface area contributed by atoms with Crippen LogP contribution in [0.5, 0.6) is 0 Å². The van der Waals surface area contributed by atoms with E-state index < -0.39 is 22.9 Å². The van der Waals surface area contributed by atoms with Gasteiger partial charge in [-0.15, -0.1) is 0 Å². The maximum Gasteiger partial charge on any atom is 0.276 e. The van der Waals surface area contributed by atoms with E-state index in [1.54, 1.807) is 6.07 Å². The lowest BCUT2D eigenvalue weighted by atomic mass is 9.81. The van der Waals surface area contributed by atoms with Gasteiger partial charge in [-0.1, -0.05) is 20.8 Å². The molecule has 2 N–H and O–H groups in total. The highest BCUT2D eigenvalue weighted by Crippen LogP contribution is 2.33. The van der Waals surface area contributed by atoms with Crippen LogP contribution in [0.2, 0.25) is 0 Å². The molecule has 7 nitrogen and oxygen atoms in total. The Labute approximate surface area is 188 Å². The summed E-state index contributed by atoms with van der Waals surface area (Å²) in [6.45, 7) is 6.71. The zero-order valence-electron chi connectivity index (χ0n) is 17.5. The molecular weight excluding hydrogens is 502 g/mol. The summed E-state index contributed by atoms with van der Waals surface area (Å²) in [4.78, 5) is 26.6. The van der Waals surface area contributed by atoms with Gasteiger partial charge in [0, 0.05) is 16.7 Å². The molecular formula is C21H26FIN4O3. The van der Waals surface area contributed by atoms with Crippen LogP contribution < -0.4 is 10.9 Å². The molecule has 162 valence electrons. The summed E-state index contributed by atoms with van der Waals surface area (Å²) in [6, 6.07) is 5.83. The Kier molecular flexibility index (Phi) is 6.24. The fraction of sp³-hybridized carbons (Fsp3) is 0.476. The number of likely N-dealkylation sites (tertiary alicyclic amines) is 1. The lowest BCUT2D eigenvalue weighted by molar-refractivity contribution is -0.0907. The molecule has 1 saturated heterocycles. The number of aliphatic hydroxyl groups is 1. The summed E-state index contributed by atoms with van der Waals surface area (Å²) in [5, 5.41) is 17.6. The van der Waals surface area contributed by atoms with Crippen molar-refractivity contribution in [3.8, 4) is 0 Å². The zero-order valence-corrected chi connectivity index (χ0v) is 19.7. The number of rotatable bonds is 5. The van der Waals surface area contributed by atoms with Crippen molar-refractivity contribution in [3.63, 3.8) is 0 Å². The topological polar surface area (TPSA) is 87.5 Å². The number of hydrogen-bond donors (Lipinski definition) is 2. The standard InChI is InChI=1S/C21H26FIN4O3/c1-20(2,3)7-8-21(30)11-27(12-21)19(29)18-16(10-17(28)26(4)25-18)24-15-6-5-13(23)9-14(15)22/h5-6,9-10,24,30H,7-8,11-12H2,1-4H3. The Morgan fingerprint density at radius 1 is 1.30 bits per heavy atom. The van der Waals surface area contributed by atoms with E-state index in [-0.39, 0.29) is 35.6 Å². The molecule has 1 aliphatic heterocycles. The summed E-state index contributed by atoms with van der Waals surface area (Å²) in [6.07, 6.45) is 1.43. The van der Waals surface area contributed by atoms with Gasteiger partial charge in [-0.2, -0.15) is 5.10 Å². The van der Waals surface area contributed by atoms with Crippen LogP contribution in [0.4, 0.5) is 15.8 Å². The van der Waals surface area contributed by atoms with Crippen LogP contribution in [0, 0.1) is 14.8 Å².